The molecule has 0 bridgehead atoms. The van der Waals surface area contributed by atoms with Crippen LogP contribution in [0.25, 0.3) is 0 Å². The van der Waals surface area contributed by atoms with E-state index in [1.165, 1.54) is 12.8 Å². The number of rotatable bonds is 6. The quantitative estimate of drug-likeness (QED) is 0.476. The molecule has 1 rings (SSSR count). The first kappa shape index (κ1) is 10.9. The summed E-state index contributed by atoms with van der Waals surface area (Å²) in [6.07, 6.45) is 2.39. The van der Waals surface area contributed by atoms with Crippen LogP contribution in [0.15, 0.2) is 24.3 Å². The van der Waals surface area contributed by atoms with Crippen LogP contribution in [0.5, 0.6) is 0 Å². The highest BCUT2D eigenvalue weighted by molar-refractivity contribution is 5.50. The number of unbranched alkanes of at least 4 members (excludes halogenated alkanes) is 1. The summed E-state index contributed by atoms with van der Waals surface area (Å²) in [6, 6.07) is 7.84. The number of nitrogens with one attached hydrogen (secondary N) is 2. The predicted octanol–water partition coefficient (Wildman–Crippen LogP) is 1.68. The number of nitrogens with two attached hydrogens (primary N) is 1. The molecule has 1 aromatic carbocycles. The summed E-state index contributed by atoms with van der Waals surface area (Å²) < 4.78 is 0. The molecule has 0 radical (unpaired) electrons. The Kier molecular flexibility index (Phi) is 4.86. The Bertz CT molecular complexity index is 243. The van der Waals surface area contributed by atoms with Crippen molar-refractivity contribution >= 4 is 11.4 Å². The van der Waals surface area contributed by atoms with Crippen LogP contribution in [-0.4, -0.2) is 20.1 Å². The maximum absolute atomic E-state index is 5.59. The Balaban J connectivity index is 2.15. The van der Waals surface area contributed by atoms with Crippen LogP contribution in [-0.2, 0) is 0 Å². The molecule has 0 unspecified atom stereocenters. The molecule has 0 heterocycles. The molecule has 3 heteroatoms. The molecule has 14 heavy (non-hydrogen) atoms. The fourth-order valence-corrected chi connectivity index (χ4v) is 1.26. The second kappa shape index (κ2) is 6.27. The van der Waals surface area contributed by atoms with E-state index in [0.717, 1.165) is 24.5 Å². The summed E-state index contributed by atoms with van der Waals surface area (Å²) in [5, 5.41) is 6.48. The average molecular weight is 193 g/mol. The van der Waals surface area contributed by atoms with Gasteiger partial charge in [0.1, 0.15) is 0 Å². The van der Waals surface area contributed by atoms with E-state index in [1.807, 2.05) is 31.3 Å². The van der Waals surface area contributed by atoms with Gasteiger partial charge in [-0.15, -0.1) is 0 Å². The number of nitrogen functional groups attached to an aromatic ring is 1. The number of benzene rings is 1. The van der Waals surface area contributed by atoms with Crippen LogP contribution in [0.3, 0.4) is 0 Å². The molecule has 0 aliphatic carbocycles. The van der Waals surface area contributed by atoms with Crippen molar-refractivity contribution in [1.82, 2.24) is 5.32 Å². The fraction of sp³-hybridized carbons (Fsp3) is 0.455. The topological polar surface area (TPSA) is 50.1 Å². The van der Waals surface area contributed by atoms with Crippen molar-refractivity contribution in [2.45, 2.75) is 12.8 Å². The molecular formula is C11H19N3. The van der Waals surface area contributed by atoms with Crippen LogP contribution in [0, 0.1) is 0 Å². The molecular weight excluding hydrogens is 174 g/mol. The van der Waals surface area contributed by atoms with Crippen molar-refractivity contribution in [3.63, 3.8) is 0 Å². The van der Waals surface area contributed by atoms with Gasteiger partial charge < -0.3 is 16.4 Å². The Morgan fingerprint density at radius 2 is 1.71 bits per heavy atom. The third-order valence-corrected chi connectivity index (χ3v) is 2.09. The van der Waals surface area contributed by atoms with Gasteiger partial charge >= 0.3 is 0 Å². The lowest BCUT2D eigenvalue weighted by atomic mass is 10.2. The van der Waals surface area contributed by atoms with Gasteiger partial charge in [0.05, 0.1) is 0 Å². The van der Waals surface area contributed by atoms with E-state index < -0.39 is 0 Å². The smallest absolute Gasteiger partial charge is 0.0341 e. The summed E-state index contributed by atoms with van der Waals surface area (Å²) in [7, 11) is 1.98. The minimum absolute atomic E-state index is 0.811. The molecule has 0 amide bonds. The SMILES string of the molecule is CNCCCCNc1ccc(N)cc1. The standard InChI is InChI=1S/C11H19N3/c1-13-8-2-3-9-14-11-6-4-10(12)5-7-11/h4-7,13-14H,2-3,8-9,12H2,1H3. The molecule has 0 saturated carbocycles. The Morgan fingerprint density at radius 3 is 2.36 bits per heavy atom. The van der Waals surface area contributed by atoms with E-state index in [4.69, 9.17) is 5.73 Å². The molecule has 1 aromatic rings. The summed E-state index contributed by atoms with van der Waals surface area (Å²) in [4.78, 5) is 0. The molecule has 0 aliphatic heterocycles. The third-order valence-electron chi connectivity index (χ3n) is 2.09. The van der Waals surface area contributed by atoms with Crippen LogP contribution in [0.2, 0.25) is 0 Å². The monoisotopic (exact) mass is 193 g/mol. The molecule has 4 N–H and O–H groups in total. The minimum atomic E-state index is 0.811. The highest BCUT2D eigenvalue weighted by atomic mass is 14.9. The van der Waals surface area contributed by atoms with Gasteiger partial charge in [0.2, 0.25) is 0 Å². The van der Waals surface area contributed by atoms with Crippen LogP contribution in [0.4, 0.5) is 11.4 Å². The first-order chi connectivity index (χ1) is 6.83. The largest absolute Gasteiger partial charge is 0.399 e. The maximum Gasteiger partial charge on any atom is 0.0341 e. The minimum Gasteiger partial charge on any atom is -0.399 e. The van der Waals surface area contributed by atoms with Gasteiger partial charge in [0.25, 0.3) is 0 Å². The number of hydrogen-bond donors (Lipinski definition) is 3. The highest BCUT2D eigenvalue weighted by Gasteiger charge is 1.91. The first-order valence-corrected chi connectivity index (χ1v) is 5.07. The molecule has 0 fully saturated rings. The molecule has 0 aliphatic rings. The van der Waals surface area contributed by atoms with Gasteiger partial charge in [-0.1, -0.05) is 0 Å². The zero-order valence-corrected chi connectivity index (χ0v) is 8.72. The van der Waals surface area contributed by atoms with Crippen molar-refractivity contribution in [2.75, 3.05) is 31.2 Å². The van der Waals surface area contributed by atoms with E-state index in [2.05, 4.69) is 10.6 Å². The van der Waals surface area contributed by atoms with Crippen LogP contribution >= 0.6 is 0 Å². The first-order valence-electron chi connectivity index (χ1n) is 5.07. The summed E-state index contributed by atoms with van der Waals surface area (Å²) in [5.74, 6) is 0. The third kappa shape index (κ3) is 4.14. The zero-order chi connectivity index (χ0) is 10.2. The van der Waals surface area contributed by atoms with E-state index >= 15 is 0 Å². The van der Waals surface area contributed by atoms with Crippen LogP contribution < -0.4 is 16.4 Å². The highest BCUT2D eigenvalue weighted by Crippen LogP contribution is 2.10. The lowest BCUT2D eigenvalue weighted by Gasteiger charge is -2.06. The van der Waals surface area contributed by atoms with E-state index in [0.29, 0.717) is 0 Å². The van der Waals surface area contributed by atoms with Gasteiger partial charge in [0, 0.05) is 17.9 Å². The second-order valence-corrected chi connectivity index (χ2v) is 3.36. The average Bonchev–Trinajstić information content (AvgIpc) is 2.21. The van der Waals surface area contributed by atoms with Gasteiger partial charge in [-0.25, -0.2) is 0 Å². The normalized spacial score (nSPS) is 10.1. The lowest BCUT2D eigenvalue weighted by molar-refractivity contribution is 0.694. The summed E-state index contributed by atoms with van der Waals surface area (Å²) >= 11 is 0. The Hall–Kier alpha value is -1.22. The number of anilines is 2. The lowest BCUT2D eigenvalue weighted by Crippen LogP contribution is -2.10. The van der Waals surface area contributed by atoms with E-state index in [-0.39, 0.29) is 0 Å². The van der Waals surface area contributed by atoms with Crippen molar-refractivity contribution in [1.29, 1.82) is 0 Å². The van der Waals surface area contributed by atoms with Crippen molar-refractivity contribution in [2.24, 2.45) is 0 Å². The van der Waals surface area contributed by atoms with Gasteiger partial charge in [-0.3, -0.25) is 0 Å². The van der Waals surface area contributed by atoms with Crippen molar-refractivity contribution < 1.29 is 0 Å². The van der Waals surface area contributed by atoms with E-state index in [1.54, 1.807) is 0 Å². The van der Waals surface area contributed by atoms with Gasteiger partial charge in [-0.05, 0) is 50.7 Å². The Labute approximate surface area is 85.7 Å². The summed E-state index contributed by atoms with van der Waals surface area (Å²) in [6.45, 7) is 2.11. The predicted molar refractivity (Wildman–Crippen MR) is 62.5 cm³/mol. The molecule has 0 atom stereocenters. The molecule has 0 aromatic heterocycles. The van der Waals surface area contributed by atoms with Gasteiger partial charge in [0.15, 0.2) is 0 Å². The van der Waals surface area contributed by atoms with E-state index in [9.17, 15) is 0 Å². The van der Waals surface area contributed by atoms with Gasteiger partial charge in [-0.2, -0.15) is 0 Å². The Morgan fingerprint density at radius 1 is 1.07 bits per heavy atom. The molecule has 0 saturated heterocycles. The molecule has 0 spiro atoms. The van der Waals surface area contributed by atoms with Crippen LogP contribution in [0.1, 0.15) is 12.8 Å². The zero-order valence-electron chi connectivity index (χ0n) is 8.72. The van der Waals surface area contributed by atoms with Crippen molar-refractivity contribution in [3.8, 4) is 0 Å². The van der Waals surface area contributed by atoms with Crippen molar-refractivity contribution in [3.05, 3.63) is 24.3 Å². The maximum atomic E-state index is 5.59. The molecule has 3 nitrogen and oxygen atoms in total. The second-order valence-electron chi connectivity index (χ2n) is 3.36. The number of hydrogen-bond acceptors (Lipinski definition) is 3. The molecule has 78 valence electrons. The fourth-order valence-electron chi connectivity index (χ4n) is 1.26. The summed E-state index contributed by atoms with van der Waals surface area (Å²) in [5.41, 5.74) is 7.54.